The molecule has 0 aromatic rings. The number of hydrogen-bond donors (Lipinski definition) is 1. The summed E-state index contributed by atoms with van der Waals surface area (Å²) in [6.07, 6.45) is 7.33. The van der Waals surface area contributed by atoms with Crippen molar-refractivity contribution in [2.75, 3.05) is 6.54 Å². The van der Waals surface area contributed by atoms with E-state index in [2.05, 4.69) is 39.5 Å². The highest BCUT2D eigenvalue weighted by atomic mass is 14.5. The number of hydrogen-bond acceptors (Lipinski definition) is 1. The van der Waals surface area contributed by atoms with Gasteiger partial charge >= 0.3 is 0 Å². The first-order valence-electron chi connectivity index (χ1n) is 5.04. The average molecular weight is 185 g/mol. The third-order valence-corrected chi connectivity index (χ3v) is 1.16. The third-order valence-electron chi connectivity index (χ3n) is 1.16. The Bertz CT molecular complexity index is 95.3. The second kappa shape index (κ2) is 22.5. The second-order valence-electron chi connectivity index (χ2n) is 2.73. The van der Waals surface area contributed by atoms with Gasteiger partial charge in [0.15, 0.2) is 0 Å². The van der Waals surface area contributed by atoms with Gasteiger partial charge < -0.3 is 5.73 Å². The topological polar surface area (TPSA) is 26.0 Å². The van der Waals surface area contributed by atoms with Crippen molar-refractivity contribution in [3.8, 4) is 0 Å². The second-order valence-corrected chi connectivity index (χ2v) is 2.73. The molecule has 13 heavy (non-hydrogen) atoms. The van der Waals surface area contributed by atoms with E-state index in [1.807, 2.05) is 13.8 Å². The van der Waals surface area contributed by atoms with Gasteiger partial charge in [-0.2, -0.15) is 0 Å². The molecule has 1 unspecified atom stereocenters. The minimum absolute atomic E-state index is 0.750. The summed E-state index contributed by atoms with van der Waals surface area (Å²) in [6, 6.07) is 0. The Hall–Kier alpha value is -0.560. The molecule has 0 bridgehead atoms. The van der Waals surface area contributed by atoms with Crippen LogP contribution in [0.5, 0.6) is 0 Å². The molecule has 80 valence electrons. The summed E-state index contributed by atoms with van der Waals surface area (Å²) in [5.41, 5.74) is 4.85. The molecular formula is C12H27N. The molecule has 1 atom stereocenters. The van der Waals surface area contributed by atoms with E-state index in [4.69, 9.17) is 5.73 Å². The summed E-state index contributed by atoms with van der Waals surface area (Å²) >= 11 is 0. The van der Waals surface area contributed by atoms with Gasteiger partial charge in [0.05, 0.1) is 0 Å². The first-order chi connectivity index (χ1) is 6.14. The van der Waals surface area contributed by atoms with Crippen molar-refractivity contribution in [1.82, 2.24) is 0 Å². The van der Waals surface area contributed by atoms with Crippen LogP contribution in [-0.2, 0) is 0 Å². The lowest BCUT2D eigenvalue weighted by molar-refractivity contribution is 0.697. The Kier molecular flexibility index (Phi) is 31.7. The van der Waals surface area contributed by atoms with Gasteiger partial charge in [-0.1, -0.05) is 45.4 Å². The predicted octanol–water partition coefficient (Wildman–Crippen LogP) is 3.77. The largest absolute Gasteiger partial charge is 0.331 e. The molecule has 0 amide bonds. The molecule has 0 aliphatic heterocycles. The highest BCUT2D eigenvalue weighted by molar-refractivity contribution is 4.81. The smallest absolute Gasteiger partial charge is 0.0106 e. The monoisotopic (exact) mass is 185 g/mol. The highest BCUT2D eigenvalue weighted by Crippen LogP contribution is 2.00. The van der Waals surface area contributed by atoms with Crippen LogP contribution in [0.4, 0.5) is 0 Å². The molecule has 0 aliphatic carbocycles. The van der Waals surface area contributed by atoms with Crippen molar-refractivity contribution < 1.29 is 0 Å². The van der Waals surface area contributed by atoms with Crippen molar-refractivity contribution in [3.05, 3.63) is 24.8 Å². The zero-order valence-corrected chi connectivity index (χ0v) is 10.0. The molecule has 2 N–H and O–H groups in total. The number of nitrogens with two attached hydrogens (primary N) is 1. The fraction of sp³-hybridized carbons (Fsp3) is 0.667. The minimum Gasteiger partial charge on any atom is -0.331 e. The summed E-state index contributed by atoms with van der Waals surface area (Å²) in [7, 11) is 0. The van der Waals surface area contributed by atoms with Crippen LogP contribution in [0.15, 0.2) is 24.8 Å². The van der Waals surface area contributed by atoms with E-state index in [0.29, 0.717) is 0 Å². The summed E-state index contributed by atoms with van der Waals surface area (Å²) in [5, 5.41) is 0. The lowest BCUT2D eigenvalue weighted by Gasteiger charge is -1.95. The average Bonchev–Trinajstić information content (AvgIpc) is 2.07. The van der Waals surface area contributed by atoms with Gasteiger partial charge in [-0.05, 0) is 26.3 Å². The normalized spacial score (nSPS) is 10.6. The van der Waals surface area contributed by atoms with Crippen molar-refractivity contribution in [3.63, 3.8) is 0 Å². The van der Waals surface area contributed by atoms with Crippen LogP contribution in [0.1, 0.15) is 41.0 Å². The first-order valence-corrected chi connectivity index (χ1v) is 5.04. The maximum Gasteiger partial charge on any atom is -0.0106 e. The molecule has 0 fully saturated rings. The van der Waals surface area contributed by atoms with Gasteiger partial charge in [0, 0.05) is 0 Å². The van der Waals surface area contributed by atoms with Crippen molar-refractivity contribution in [2.24, 2.45) is 11.7 Å². The van der Waals surface area contributed by atoms with E-state index in [1.54, 1.807) is 6.08 Å². The van der Waals surface area contributed by atoms with Crippen LogP contribution in [-0.4, -0.2) is 6.54 Å². The van der Waals surface area contributed by atoms with Crippen LogP contribution >= 0.6 is 0 Å². The summed E-state index contributed by atoms with van der Waals surface area (Å²) in [6.45, 7) is 14.4. The summed E-state index contributed by atoms with van der Waals surface area (Å²) in [5.74, 6) is 0.769. The van der Waals surface area contributed by atoms with Crippen LogP contribution < -0.4 is 5.73 Å². The molecule has 0 rings (SSSR count). The molecule has 0 radical (unpaired) electrons. The zero-order chi connectivity index (χ0) is 11.1. The van der Waals surface area contributed by atoms with Crippen molar-refractivity contribution in [1.29, 1.82) is 0 Å². The Balaban J connectivity index is -0.000000140. The van der Waals surface area contributed by atoms with E-state index in [9.17, 15) is 0 Å². The fourth-order valence-electron chi connectivity index (χ4n) is 0.465. The van der Waals surface area contributed by atoms with Crippen LogP contribution in [0.3, 0.4) is 0 Å². The van der Waals surface area contributed by atoms with Crippen LogP contribution in [0.25, 0.3) is 0 Å². The first kappa shape index (κ1) is 18.3. The van der Waals surface area contributed by atoms with Gasteiger partial charge in [0.25, 0.3) is 0 Å². The molecule has 0 aromatic carbocycles. The van der Waals surface area contributed by atoms with Crippen molar-refractivity contribution in [2.45, 2.75) is 41.0 Å². The molecule has 0 spiro atoms. The SMILES string of the molecule is C/C=C\C(C)CC.C=CC.CCN. The minimum atomic E-state index is 0.750. The molecule has 1 heteroatoms. The maximum atomic E-state index is 4.85. The lowest BCUT2D eigenvalue weighted by atomic mass is 10.1. The van der Waals surface area contributed by atoms with Gasteiger partial charge in [0.2, 0.25) is 0 Å². The van der Waals surface area contributed by atoms with Gasteiger partial charge in [0.1, 0.15) is 0 Å². The van der Waals surface area contributed by atoms with E-state index in [0.717, 1.165) is 12.5 Å². The van der Waals surface area contributed by atoms with Gasteiger partial charge in [-0.15, -0.1) is 6.58 Å². The summed E-state index contributed by atoms with van der Waals surface area (Å²) in [4.78, 5) is 0. The molecule has 0 saturated heterocycles. The van der Waals surface area contributed by atoms with E-state index >= 15 is 0 Å². The van der Waals surface area contributed by atoms with Crippen LogP contribution in [0, 0.1) is 5.92 Å². The van der Waals surface area contributed by atoms with E-state index in [1.165, 1.54) is 6.42 Å². The maximum absolute atomic E-state index is 4.85. The molecule has 0 saturated carbocycles. The fourth-order valence-corrected chi connectivity index (χ4v) is 0.465. The van der Waals surface area contributed by atoms with Gasteiger partial charge in [-0.25, -0.2) is 0 Å². The predicted molar refractivity (Wildman–Crippen MR) is 64.9 cm³/mol. The van der Waals surface area contributed by atoms with Crippen LogP contribution in [0.2, 0.25) is 0 Å². The van der Waals surface area contributed by atoms with Gasteiger partial charge in [-0.3, -0.25) is 0 Å². The zero-order valence-electron chi connectivity index (χ0n) is 10.0. The number of allylic oxidation sites excluding steroid dienone is 3. The standard InChI is InChI=1S/C7H14.C3H6.C2H7N/c1-4-6-7(3)5-2;1-3-2;1-2-3/h4,6-7H,5H2,1-3H3;3H,1H2,2H3;2-3H2,1H3/b6-4-;;. The Morgan fingerprint density at radius 3 is 1.69 bits per heavy atom. The molecule has 0 aliphatic rings. The van der Waals surface area contributed by atoms with E-state index < -0.39 is 0 Å². The highest BCUT2D eigenvalue weighted by Gasteiger charge is 1.85. The Morgan fingerprint density at radius 2 is 1.62 bits per heavy atom. The molecule has 0 aromatic heterocycles. The Labute approximate surface area is 84.7 Å². The quantitative estimate of drug-likeness (QED) is 0.651. The Morgan fingerprint density at radius 1 is 1.31 bits per heavy atom. The van der Waals surface area contributed by atoms with E-state index in [-0.39, 0.29) is 0 Å². The summed E-state index contributed by atoms with van der Waals surface area (Å²) < 4.78 is 0. The molecular weight excluding hydrogens is 158 g/mol. The number of rotatable bonds is 2. The lowest BCUT2D eigenvalue weighted by Crippen LogP contribution is -1.87. The molecule has 0 heterocycles. The third kappa shape index (κ3) is 51.7. The molecule has 1 nitrogen and oxygen atoms in total. The van der Waals surface area contributed by atoms with Crippen molar-refractivity contribution >= 4 is 0 Å².